The highest BCUT2D eigenvalue weighted by Gasteiger charge is 2.11. The summed E-state index contributed by atoms with van der Waals surface area (Å²) < 4.78 is 1.50. The first-order valence-corrected chi connectivity index (χ1v) is 8.10. The molecule has 0 bridgehead atoms. The number of nitrogens with one attached hydrogen (secondary N) is 2. The average Bonchev–Trinajstić information content (AvgIpc) is 3.06. The van der Waals surface area contributed by atoms with E-state index in [-0.39, 0.29) is 23.9 Å². The first-order chi connectivity index (χ1) is 12.9. The standard InChI is InChI=1S/C18H18N6O3/c1-4-15(25)23(2)12-7-5-11(6-8-12)17(26)19-10-14-21-16-13(18(27)22-14)9-20-24(16)3/h4-9H,1,10H2,2-3H3,(H,19,26)(H,21,22,27). The van der Waals surface area contributed by atoms with Gasteiger partial charge in [-0.1, -0.05) is 6.58 Å². The maximum absolute atomic E-state index is 12.3. The Kier molecular flexibility index (Phi) is 4.84. The molecule has 0 unspecified atom stereocenters. The molecule has 9 heteroatoms. The molecule has 0 aliphatic heterocycles. The molecule has 0 radical (unpaired) electrons. The first kappa shape index (κ1) is 18.1. The van der Waals surface area contributed by atoms with Crippen LogP contribution in [0.3, 0.4) is 0 Å². The molecule has 0 aliphatic rings. The molecule has 27 heavy (non-hydrogen) atoms. The lowest BCUT2D eigenvalue weighted by Gasteiger charge is -2.15. The number of H-pyrrole nitrogens is 1. The highest BCUT2D eigenvalue weighted by Crippen LogP contribution is 2.14. The molecule has 3 rings (SSSR count). The number of aromatic nitrogens is 4. The van der Waals surface area contributed by atoms with Crippen LogP contribution in [0.15, 0.2) is 47.9 Å². The number of carbonyl (C=O) groups excluding carboxylic acids is 2. The Balaban J connectivity index is 1.71. The molecule has 2 N–H and O–H groups in total. The summed E-state index contributed by atoms with van der Waals surface area (Å²) in [5.74, 6) is -0.239. The molecule has 2 heterocycles. The van der Waals surface area contributed by atoms with Crippen LogP contribution in [0, 0.1) is 0 Å². The lowest BCUT2D eigenvalue weighted by molar-refractivity contribution is -0.113. The van der Waals surface area contributed by atoms with Gasteiger partial charge in [0.1, 0.15) is 11.2 Å². The molecule has 2 aromatic heterocycles. The lowest BCUT2D eigenvalue weighted by atomic mass is 10.2. The molecule has 1 aromatic carbocycles. The molecule has 0 saturated heterocycles. The van der Waals surface area contributed by atoms with E-state index in [2.05, 4.69) is 27.0 Å². The van der Waals surface area contributed by atoms with Crippen molar-refractivity contribution >= 4 is 28.5 Å². The van der Waals surface area contributed by atoms with Gasteiger partial charge in [0, 0.05) is 25.3 Å². The van der Waals surface area contributed by atoms with Gasteiger partial charge in [-0.25, -0.2) is 4.98 Å². The summed E-state index contributed by atoms with van der Waals surface area (Å²) in [6.07, 6.45) is 2.66. The van der Waals surface area contributed by atoms with Gasteiger partial charge in [-0.05, 0) is 30.3 Å². The van der Waals surface area contributed by atoms with Crippen molar-refractivity contribution in [2.24, 2.45) is 7.05 Å². The molecule has 0 spiro atoms. The lowest BCUT2D eigenvalue weighted by Crippen LogP contribution is -2.26. The van der Waals surface area contributed by atoms with E-state index in [1.807, 2.05) is 0 Å². The van der Waals surface area contributed by atoms with E-state index in [4.69, 9.17) is 0 Å². The van der Waals surface area contributed by atoms with Gasteiger partial charge in [-0.3, -0.25) is 19.1 Å². The normalized spacial score (nSPS) is 10.6. The number of hydrogen-bond donors (Lipinski definition) is 2. The number of aryl methyl sites for hydroxylation is 1. The zero-order chi connectivity index (χ0) is 19.6. The van der Waals surface area contributed by atoms with Gasteiger partial charge in [-0.15, -0.1) is 0 Å². The Morgan fingerprint density at radius 1 is 1.33 bits per heavy atom. The Bertz CT molecular complexity index is 1080. The highest BCUT2D eigenvalue weighted by atomic mass is 16.2. The van der Waals surface area contributed by atoms with Crippen LogP contribution >= 0.6 is 0 Å². The largest absolute Gasteiger partial charge is 0.345 e. The smallest absolute Gasteiger partial charge is 0.262 e. The number of amides is 2. The second-order valence-corrected chi connectivity index (χ2v) is 5.85. The quantitative estimate of drug-likeness (QED) is 0.647. The molecule has 2 amide bonds. The Labute approximate surface area is 154 Å². The van der Waals surface area contributed by atoms with E-state index in [9.17, 15) is 14.4 Å². The topological polar surface area (TPSA) is 113 Å². The molecule has 3 aromatic rings. The number of nitrogens with zero attached hydrogens (tertiary/aromatic N) is 4. The van der Waals surface area contributed by atoms with Crippen molar-refractivity contribution in [1.29, 1.82) is 0 Å². The third kappa shape index (κ3) is 3.61. The van der Waals surface area contributed by atoms with E-state index in [0.29, 0.717) is 28.1 Å². The SMILES string of the molecule is C=CC(=O)N(C)c1ccc(C(=O)NCc2nc3c(cnn3C)c(=O)[nH]2)cc1. The minimum absolute atomic E-state index is 0.0613. The minimum atomic E-state index is -0.327. The summed E-state index contributed by atoms with van der Waals surface area (Å²) >= 11 is 0. The zero-order valence-electron chi connectivity index (χ0n) is 14.9. The number of carbonyl (C=O) groups is 2. The fraction of sp³-hybridized carbons (Fsp3) is 0.167. The highest BCUT2D eigenvalue weighted by molar-refractivity contribution is 6.01. The summed E-state index contributed by atoms with van der Waals surface area (Å²) in [5, 5.41) is 7.09. The molecule has 0 atom stereocenters. The van der Waals surface area contributed by atoms with Crippen LogP contribution in [-0.4, -0.2) is 38.6 Å². The fourth-order valence-electron chi connectivity index (χ4n) is 2.53. The monoisotopic (exact) mass is 366 g/mol. The van der Waals surface area contributed by atoms with Gasteiger partial charge >= 0.3 is 0 Å². The second kappa shape index (κ2) is 7.24. The summed E-state index contributed by atoms with van der Waals surface area (Å²) in [5.41, 5.74) is 1.20. The number of rotatable bonds is 5. The van der Waals surface area contributed by atoms with E-state index in [0.717, 1.165) is 0 Å². The van der Waals surface area contributed by atoms with Crippen molar-refractivity contribution in [3.05, 3.63) is 64.9 Å². The molecule has 0 fully saturated rings. The summed E-state index contributed by atoms with van der Waals surface area (Å²) in [6, 6.07) is 6.55. The molecular formula is C18H18N6O3. The third-order valence-corrected chi connectivity index (χ3v) is 4.09. The predicted octanol–water partition coefficient (Wildman–Crippen LogP) is 0.735. The Morgan fingerprint density at radius 2 is 2.04 bits per heavy atom. The van der Waals surface area contributed by atoms with Gasteiger partial charge < -0.3 is 15.2 Å². The number of fused-ring (bicyclic) bond motifs is 1. The van der Waals surface area contributed by atoms with Crippen molar-refractivity contribution in [3.8, 4) is 0 Å². The van der Waals surface area contributed by atoms with Crippen LogP contribution in [0.25, 0.3) is 11.0 Å². The third-order valence-electron chi connectivity index (χ3n) is 4.09. The first-order valence-electron chi connectivity index (χ1n) is 8.10. The molecule has 0 saturated carbocycles. The van der Waals surface area contributed by atoms with E-state index >= 15 is 0 Å². The zero-order valence-corrected chi connectivity index (χ0v) is 14.9. The number of anilines is 1. The van der Waals surface area contributed by atoms with Crippen molar-refractivity contribution in [2.75, 3.05) is 11.9 Å². The maximum Gasteiger partial charge on any atom is 0.262 e. The van der Waals surface area contributed by atoms with Crippen LogP contribution in [-0.2, 0) is 18.4 Å². The fourth-order valence-corrected chi connectivity index (χ4v) is 2.53. The van der Waals surface area contributed by atoms with E-state index < -0.39 is 0 Å². The van der Waals surface area contributed by atoms with Gasteiger partial charge in [0.25, 0.3) is 11.5 Å². The number of likely N-dealkylation sites (N-methyl/N-ethyl adjacent to an activating group) is 1. The van der Waals surface area contributed by atoms with Crippen LogP contribution in [0.4, 0.5) is 5.69 Å². The van der Waals surface area contributed by atoms with Crippen LogP contribution in [0.1, 0.15) is 16.2 Å². The molecule has 0 aliphatic carbocycles. The van der Waals surface area contributed by atoms with Gasteiger partial charge in [0.15, 0.2) is 5.65 Å². The molecular weight excluding hydrogens is 348 g/mol. The Morgan fingerprint density at radius 3 is 2.70 bits per heavy atom. The summed E-state index contributed by atoms with van der Waals surface area (Å²) in [6.45, 7) is 3.50. The van der Waals surface area contributed by atoms with E-state index in [1.54, 1.807) is 38.4 Å². The van der Waals surface area contributed by atoms with Crippen molar-refractivity contribution in [2.45, 2.75) is 6.54 Å². The second-order valence-electron chi connectivity index (χ2n) is 5.85. The van der Waals surface area contributed by atoms with Crippen molar-refractivity contribution in [3.63, 3.8) is 0 Å². The number of aromatic amines is 1. The molecule has 9 nitrogen and oxygen atoms in total. The average molecular weight is 366 g/mol. The summed E-state index contributed by atoms with van der Waals surface area (Å²) in [4.78, 5) is 44.3. The number of hydrogen-bond acceptors (Lipinski definition) is 5. The van der Waals surface area contributed by atoms with Gasteiger partial charge in [-0.2, -0.15) is 5.10 Å². The van der Waals surface area contributed by atoms with Gasteiger partial charge in [0.05, 0.1) is 12.7 Å². The van der Waals surface area contributed by atoms with Crippen LogP contribution < -0.4 is 15.8 Å². The van der Waals surface area contributed by atoms with Gasteiger partial charge in [0.2, 0.25) is 5.91 Å². The minimum Gasteiger partial charge on any atom is -0.345 e. The number of benzene rings is 1. The maximum atomic E-state index is 12.3. The van der Waals surface area contributed by atoms with Crippen LogP contribution in [0.5, 0.6) is 0 Å². The van der Waals surface area contributed by atoms with E-state index in [1.165, 1.54) is 21.9 Å². The predicted molar refractivity (Wildman–Crippen MR) is 100 cm³/mol. The Hall–Kier alpha value is -3.75. The summed E-state index contributed by atoms with van der Waals surface area (Å²) in [7, 11) is 3.31. The van der Waals surface area contributed by atoms with Crippen molar-refractivity contribution < 1.29 is 9.59 Å². The van der Waals surface area contributed by atoms with Crippen LogP contribution in [0.2, 0.25) is 0 Å². The van der Waals surface area contributed by atoms with Crippen molar-refractivity contribution in [1.82, 2.24) is 25.1 Å². The molecule has 138 valence electrons.